The van der Waals surface area contributed by atoms with Gasteiger partial charge < -0.3 is 9.73 Å². The summed E-state index contributed by atoms with van der Waals surface area (Å²) < 4.78 is 7.27. The van der Waals surface area contributed by atoms with Gasteiger partial charge in [-0.1, -0.05) is 37.6 Å². The van der Waals surface area contributed by atoms with Gasteiger partial charge in [0.1, 0.15) is 0 Å². The fraction of sp³-hybridized carbons (Fsp3) is 0.438. The summed E-state index contributed by atoms with van der Waals surface area (Å²) in [6.45, 7) is 7.18. The molecule has 0 atom stereocenters. The largest absolute Gasteiger partial charge is 0.461 e. The van der Waals surface area contributed by atoms with Crippen LogP contribution >= 0.6 is 11.8 Å². The lowest BCUT2D eigenvalue weighted by Gasteiger charge is -2.07. The molecule has 124 valence electrons. The van der Waals surface area contributed by atoms with Crippen LogP contribution in [-0.2, 0) is 11.3 Å². The number of hydrogen-bond donors (Lipinski definition) is 1. The number of nitrogens with zero attached hydrogens (tertiary/aromatic N) is 3. The van der Waals surface area contributed by atoms with Crippen LogP contribution in [0.15, 0.2) is 40.6 Å². The van der Waals surface area contributed by atoms with Crippen molar-refractivity contribution in [1.29, 1.82) is 0 Å². The quantitative estimate of drug-likeness (QED) is 0.410. The number of rotatable bonds is 10. The highest BCUT2D eigenvalue weighted by Crippen LogP contribution is 2.24. The first-order valence-corrected chi connectivity index (χ1v) is 8.72. The molecule has 0 unspecified atom stereocenters. The van der Waals surface area contributed by atoms with E-state index in [2.05, 4.69) is 29.0 Å². The number of hydrogen-bond acceptors (Lipinski definition) is 5. The highest BCUT2D eigenvalue weighted by atomic mass is 32.2. The lowest BCUT2D eigenvalue weighted by Crippen LogP contribution is -2.26. The third-order valence-corrected chi connectivity index (χ3v) is 4.17. The number of nitrogens with one attached hydrogen (secondary N) is 1. The molecule has 1 N–H and O–H groups in total. The second-order valence-corrected chi connectivity index (χ2v) is 5.97. The Morgan fingerprint density at radius 2 is 2.35 bits per heavy atom. The van der Waals surface area contributed by atoms with Gasteiger partial charge in [0.25, 0.3) is 0 Å². The molecule has 6 nitrogen and oxygen atoms in total. The third-order valence-electron chi connectivity index (χ3n) is 3.20. The van der Waals surface area contributed by atoms with Crippen molar-refractivity contribution in [2.45, 2.75) is 37.9 Å². The van der Waals surface area contributed by atoms with Crippen molar-refractivity contribution >= 4 is 17.7 Å². The molecule has 0 aromatic carbocycles. The first-order chi connectivity index (χ1) is 11.3. The van der Waals surface area contributed by atoms with E-state index in [0.717, 1.165) is 25.8 Å². The number of unbranched alkanes of at least 4 members (excludes halogenated alkanes) is 2. The molecule has 7 heteroatoms. The number of carbonyl (C=O) groups excluding carboxylic acids is 1. The van der Waals surface area contributed by atoms with Gasteiger partial charge in [-0.05, 0) is 18.6 Å². The molecule has 0 saturated carbocycles. The van der Waals surface area contributed by atoms with Crippen molar-refractivity contribution < 1.29 is 9.21 Å². The van der Waals surface area contributed by atoms with Gasteiger partial charge in [0.15, 0.2) is 10.9 Å². The van der Waals surface area contributed by atoms with E-state index in [1.54, 1.807) is 18.4 Å². The fourth-order valence-electron chi connectivity index (χ4n) is 2.06. The molecule has 0 bridgehead atoms. The summed E-state index contributed by atoms with van der Waals surface area (Å²) in [5.41, 5.74) is 0. The van der Waals surface area contributed by atoms with Gasteiger partial charge in [-0.25, -0.2) is 0 Å². The average molecular weight is 334 g/mol. The summed E-state index contributed by atoms with van der Waals surface area (Å²) in [6.07, 6.45) is 6.66. The smallest absolute Gasteiger partial charge is 0.230 e. The summed E-state index contributed by atoms with van der Waals surface area (Å²) >= 11 is 1.36. The van der Waals surface area contributed by atoms with Crippen LogP contribution in [0.3, 0.4) is 0 Å². The Bertz CT molecular complexity index is 622. The first-order valence-electron chi connectivity index (χ1n) is 7.73. The maximum absolute atomic E-state index is 11.9. The minimum absolute atomic E-state index is 0.0128. The predicted molar refractivity (Wildman–Crippen MR) is 91.2 cm³/mol. The summed E-state index contributed by atoms with van der Waals surface area (Å²) in [5, 5.41) is 11.9. The maximum Gasteiger partial charge on any atom is 0.230 e. The Balaban J connectivity index is 1.94. The molecule has 0 aliphatic rings. The zero-order valence-corrected chi connectivity index (χ0v) is 14.1. The lowest BCUT2D eigenvalue weighted by molar-refractivity contribution is -0.118. The first kappa shape index (κ1) is 17.3. The molecule has 1 amide bonds. The molecular weight excluding hydrogens is 312 g/mol. The number of thioether (sulfide) groups is 1. The summed E-state index contributed by atoms with van der Waals surface area (Å²) in [6, 6.07) is 3.64. The molecule has 0 spiro atoms. The van der Waals surface area contributed by atoms with Gasteiger partial charge in [-0.2, -0.15) is 0 Å². The Hall–Kier alpha value is -2.02. The molecule has 2 aromatic heterocycles. The molecule has 2 rings (SSSR count). The third kappa shape index (κ3) is 4.99. The number of aromatic nitrogens is 3. The van der Waals surface area contributed by atoms with E-state index >= 15 is 0 Å². The van der Waals surface area contributed by atoms with Crippen LogP contribution in [0.2, 0.25) is 0 Å². The molecule has 2 aromatic rings. The number of furan rings is 1. The highest BCUT2D eigenvalue weighted by molar-refractivity contribution is 7.99. The van der Waals surface area contributed by atoms with Crippen LogP contribution in [-0.4, -0.2) is 33.0 Å². The molecule has 0 aliphatic carbocycles. The summed E-state index contributed by atoms with van der Waals surface area (Å²) in [5.74, 6) is 1.62. The van der Waals surface area contributed by atoms with Crippen molar-refractivity contribution in [3.63, 3.8) is 0 Å². The normalized spacial score (nSPS) is 10.7. The number of amides is 1. The molecular formula is C16H22N4O2S. The minimum atomic E-state index is 0.0128. The molecule has 0 radical (unpaired) electrons. The van der Waals surface area contributed by atoms with Crippen LogP contribution in [0, 0.1) is 0 Å². The van der Waals surface area contributed by atoms with Crippen molar-refractivity contribution in [2.24, 2.45) is 0 Å². The molecule has 23 heavy (non-hydrogen) atoms. The van der Waals surface area contributed by atoms with E-state index in [0.29, 0.717) is 29.0 Å². The lowest BCUT2D eigenvalue weighted by atomic mass is 10.2. The van der Waals surface area contributed by atoms with Crippen LogP contribution < -0.4 is 5.32 Å². The second-order valence-electron chi connectivity index (χ2n) is 5.03. The van der Waals surface area contributed by atoms with E-state index < -0.39 is 0 Å². The van der Waals surface area contributed by atoms with Crippen molar-refractivity contribution in [3.8, 4) is 11.6 Å². The molecule has 0 aliphatic heterocycles. The second kappa shape index (κ2) is 9.19. The molecule has 2 heterocycles. The number of allylic oxidation sites excluding steroid dienone is 1. The Morgan fingerprint density at radius 3 is 3.04 bits per heavy atom. The average Bonchev–Trinajstić information content (AvgIpc) is 3.19. The molecule has 0 saturated heterocycles. The van der Waals surface area contributed by atoms with Crippen LogP contribution in [0.4, 0.5) is 0 Å². The van der Waals surface area contributed by atoms with Gasteiger partial charge >= 0.3 is 0 Å². The van der Waals surface area contributed by atoms with Gasteiger partial charge in [-0.3, -0.25) is 9.36 Å². The Labute approximate surface area is 140 Å². The van der Waals surface area contributed by atoms with Crippen molar-refractivity contribution in [3.05, 3.63) is 31.1 Å². The van der Waals surface area contributed by atoms with Gasteiger partial charge in [0.05, 0.1) is 12.0 Å². The van der Waals surface area contributed by atoms with Gasteiger partial charge in [0.2, 0.25) is 11.7 Å². The van der Waals surface area contributed by atoms with E-state index in [4.69, 9.17) is 4.42 Å². The SMILES string of the molecule is C=CCn1c(SCC(=O)NCCCCC)nnc1-c1ccco1. The van der Waals surface area contributed by atoms with Crippen LogP contribution in [0.5, 0.6) is 0 Å². The Morgan fingerprint density at radius 1 is 1.48 bits per heavy atom. The van der Waals surface area contributed by atoms with E-state index in [-0.39, 0.29) is 5.91 Å². The summed E-state index contributed by atoms with van der Waals surface area (Å²) in [4.78, 5) is 11.9. The fourth-order valence-corrected chi connectivity index (χ4v) is 2.84. The molecule has 0 fully saturated rings. The maximum atomic E-state index is 11.9. The van der Waals surface area contributed by atoms with Crippen molar-refractivity contribution in [2.75, 3.05) is 12.3 Å². The topological polar surface area (TPSA) is 73.0 Å². The summed E-state index contributed by atoms with van der Waals surface area (Å²) in [7, 11) is 0. The van der Waals surface area contributed by atoms with Crippen LogP contribution in [0.25, 0.3) is 11.6 Å². The zero-order valence-electron chi connectivity index (χ0n) is 13.3. The van der Waals surface area contributed by atoms with E-state index in [9.17, 15) is 4.79 Å². The van der Waals surface area contributed by atoms with Crippen molar-refractivity contribution in [1.82, 2.24) is 20.1 Å². The minimum Gasteiger partial charge on any atom is -0.461 e. The highest BCUT2D eigenvalue weighted by Gasteiger charge is 2.16. The van der Waals surface area contributed by atoms with Crippen LogP contribution in [0.1, 0.15) is 26.2 Å². The number of carbonyl (C=O) groups is 1. The van der Waals surface area contributed by atoms with E-state index in [1.165, 1.54) is 11.8 Å². The van der Waals surface area contributed by atoms with Gasteiger partial charge in [-0.15, -0.1) is 16.8 Å². The van der Waals surface area contributed by atoms with Gasteiger partial charge in [0, 0.05) is 13.1 Å². The predicted octanol–water partition coefficient (Wildman–Crippen LogP) is 3.12. The van der Waals surface area contributed by atoms with E-state index in [1.807, 2.05) is 10.6 Å². The zero-order chi connectivity index (χ0) is 16.5. The Kier molecular flexibility index (Phi) is 6.93. The monoisotopic (exact) mass is 334 g/mol. The standard InChI is InChI=1S/C16H22N4O2S/c1-3-5-6-9-17-14(21)12-23-16-19-18-15(20(16)10-4-2)13-8-7-11-22-13/h4,7-8,11H,2-3,5-6,9-10,12H2,1H3,(H,17,21).